The molecule has 2 unspecified atom stereocenters. The van der Waals surface area contributed by atoms with Gasteiger partial charge in [0.05, 0.1) is 11.7 Å². The molecule has 0 amide bonds. The predicted octanol–water partition coefficient (Wildman–Crippen LogP) is 3.76. The average Bonchev–Trinajstić information content (AvgIpc) is 3.34. The van der Waals surface area contributed by atoms with Crippen LogP contribution in [0.3, 0.4) is 0 Å². The summed E-state index contributed by atoms with van der Waals surface area (Å²) in [6.07, 6.45) is 3.09. The van der Waals surface area contributed by atoms with Crippen LogP contribution in [0.2, 0.25) is 5.02 Å². The third kappa shape index (κ3) is 5.57. The maximum Gasteiger partial charge on any atom is 0.191 e. The van der Waals surface area contributed by atoms with Crippen LogP contribution in [0.4, 0.5) is 4.39 Å². The fraction of sp³-hybridized carbons (Fsp3) is 0.565. The third-order valence-electron chi connectivity index (χ3n) is 6.15. The highest BCUT2D eigenvalue weighted by Crippen LogP contribution is 2.31. The largest absolute Gasteiger partial charge is 0.354 e. The summed E-state index contributed by atoms with van der Waals surface area (Å²) in [5, 5.41) is 11.8. The van der Waals surface area contributed by atoms with Crippen molar-refractivity contribution < 1.29 is 4.39 Å². The molecular formula is C23H34ClFN6. The van der Waals surface area contributed by atoms with Gasteiger partial charge in [0.2, 0.25) is 0 Å². The Kier molecular flexibility index (Phi) is 7.94. The van der Waals surface area contributed by atoms with Crippen molar-refractivity contribution in [3.63, 3.8) is 0 Å². The number of hydrogen-bond donors (Lipinski definition) is 2. The molecule has 1 fully saturated rings. The van der Waals surface area contributed by atoms with Gasteiger partial charge in [0.1, 0.15) is 5.82 Å². The number of aliphatic imine (C=N–C) groups is 1. The molecule has 1 aromatic heterocycles. The molecule has 6 nitrogen and oxygen atoms in total. The number of aryl methyl sites for hydroxylation is 2. The number of guanidine groups is 1. The van der Waals surface area contributed by atoms with Crippen LogP contribution < -0.4 is 10.6 Å². The standard InChI is InChI=1S/C23H34ClFN6/c1-15(13-18-16(2)29-30(5)17(18)3)28-23(26-4)27-14-21(31-11-6-7-12-31)22-19(24)9-8-10-20(22)25/h8-10,15,21H,6-7,11-14H2,1-5H3,(H2,26,27,28). The molecule has 31 heavy (non-hydrogen) atoms. The molecule has 2 N–H and O–H groups in total. The van der Waals surface area contributed by atoms with Gasteiger partial charge in [-0.25, -0.2) is 4.39 Å². The third-order valence-corrected chi connectivity index (χ3v) is 6.48. The summed E-state index contributed by atoms with van der Waals surface area (Å²) < 4.78 is 16.6. The summed E-state index contributed by atoms with van der Waals surface area (Å²) in [5.74, 6) is 0.438. The topological polar surface area (TPSA) is 57.5 Å². The Bertz CT molecular complexity index is 899. The average molecular weight is 449 g/mol. The van der Waals surface area contributed by atoms with E-state index in [2.05, 4.69) is 39.5 Å². The molecule has 0 aliphatic carbocycles. The van der Waals surface area contributed by atoms with Crippen molar-refractivity contribution in [2.75, 3.05) is 26.7 Å². The Hall–Kier alpha value is -2.12. The lowest BCUT2D eigenvalue weighted by Crippen LogP contribution is -2.46. The molecule has 0 saturated carbocycles. The number of nitrogens with one attached hydrogen (secondary N) is 2. The molecule has 0 spiro atoms. The summed E-state index contributed by atoms with van der Waals surface area (Å²) >= 11 is 6.41. The normalized spacial score (nSPS) is 17.1. The highest BCUT2D eigenvalue weighted by Gasteiger charge is 2.28. The van der Waals surface area contributed by atoms with E-state index >= 15 is 0 Å². The van der Waals surface area contributed by atoms with Crippen LogP contribution in [0.25, 0.3) is 0 Å². The molecule has 0 bridgehead atoms. The summed E-state index contributed by atoms with van der Waals surface area (Å²) in [7, 11) is 3.72. The van der Waals surface area contributed by atoms with Gasteiger partial charge < -0.3 is 10.6 Å². The fourth-order valence-corrected chi connectivity index (χ4v) is 4.68. The first-order chi connectivity index (χ1) is 14.8. The van der Waals surface area contributed by atoms with E-state index in [1.807, 2.05) is 18.7 Å². The lowest BCUT2D eigenvalue weighted by atomic mass is 10.0. The number of benzene rings is 1. The number of nitrogens with zero attached hydrogens (tertiary/aromatic N) is 4. The van der Waals surface area contributed by atoms with Gasteiger partial charge in [-0.05, 0) is 70.8 Å². The zero-order chi connectivity index (χ0) is 22.5. The lowest BCUT2D eigenvalue weighted by molar-refractivity contribution is 0.240. The molecule has 1 aromatic carbocycles. The Morgan fingerprint density at radius 3 is 2.58 bits per heavy atom. The van der Waals surface area contributed by atoms with Gasteiger partial charge >= 0.3 is 0 Å². The second kappa shape index (κ2) is 10.5. The van der Waals surface area contributed by atoms with Crippen LogP contribution >= 0.6 is 11.6 Å². The van der Waals surface area contributed by atoms with Crippen molar-refractivity contribution in [2.45, 2.75) is 52.1 Å². The summed E-state index contributed by atoms with van der Waals surface area (Å²) in [6.45, 7) is 8.68. The molecule has 1 aliphatic rings. The minimum atomic E-state index is -0.259. The molecule has 0 radical (unpaired) electrons. The van der Waals surface area contributed by atoms with Gasteiger partial charge in [0.15, 0.2) is 5.96 Å². The number of aromatic nitrogens is 2. The quantitative estimate of drug-likeness (QED) is 0.500. The van der Waals surface area contributed by atoms with E-state index < -0.39 is 0 Å². The first kappa shape index (κ1) is 23.5. The maximum atomic E-state index is 14.7. The zero-order valence-corrected chi connectivity index (χ0v) is 19.9. The van der Waals surface area contributed by atoms with Crippen molar-refractivity contribution in [3.8, 4) is 0 Å². The van der Waals surface area contributed by atoms with Crippen molar-refractivity contribution in [3.05, 3.63) is 51.6 Å². The van der Waals surface area contributed by atoms with Gasteiger partial charge in [0.25, 0.3) is 0 Å². The summed E-state index contributed by atoms with van der Waals surface area (Å²) in [4.78, 5) is 6.69. The molecule has 2 heterocycles. The number of hydrogen-bond acceptors (Lipinski definition) is 3. The predicted molar refractivity (Wildman–Crippen MR) is 125 cm³/mol. The Morgan fingerprint density at radius 1 is 1.29 bits per heavy atom. The van der Waals surface area contributed by atoms with Crippen molar-refractivity contribution in [2.24, 2.45) is 12.0 Å². The van der Waals surface area contributed by atoms with Gasteiger partial charge in [-0.3, -0.25) is 14.6 Å². The fourth-order valence-electron chi connectivity index (χ4n) is 4.39. The highest BCUT2D eigenvalue weighted by atomic mass is 35.5. The Morgan fingerprint density at radius 2 is 2.00 bits per heavy atom. The van der Waals surface area contributed by atoms with Crippen LogP contribution in [-0.2, 0) is 13.5 Å². The van der Waals surface area contributed by atoms with E-state index in [1.54, 1.807) is 19.2 Å². The Labute approximate surface area is 189 Å². The van der Waals surface area contributed by atoms with Crippen molar-refractivity contribution in [1.29, 1.82) is 0 Å². The highest BCUT2D eigenvalue weighted by molar-refractivity contribution is 6.31. The van der Waals surface area contributed by atoms with E-state index in [-0.39, 0.29) is 17.9 Å². The number of halogens is 2. The van der Waals surface area contributed by atoms with Crippen LogP contribution in [0.1, 0.15) is 48.3 Å². The Balaban J connectivity index is 1.68. The maximum absolute atomic E-state index is 14.7. The van der Waals surface area contributed by atoms with Gasteiger partial charge in [-0.2, -0.15) is 5.10 Å². The molecular weight excluding hydrogens is 415 g/mol. The molecule has 1 saturated heterocycles. The van der Waals surface area contributed by atoms with E-state index in [9.17, 15) is 4.39 Å². The minimum absolute atomic E-state index is 0.145. The monoisotopic (exact) mass is 448 g/mol. The van der Waals surface area contributed by atoms with E-state index in [0.717, 1.165) is 38.0 Å². The van der Waals surface area contributed by atoms with E-state index in [0.29, 0.717) is 23.1 Å². The van der Waals surface area contributed by atoms with Gasteiger partial charge in [-0.15, -0.1) is 0 Å². The SMILES string of the molecule is CN=C(NCC(c1c(F)cccc1Cl)N1CCCC1)NC(C)Cc1c(C)nn(C)c1C. The zero-order valence-electron chi connectivity index (χ0n) is 19.2. The van der Waals surface area contributed by atoms with Crippen LogP contribution in [-0.4, -0.2) is 53.4 Å². The molecule has 170 valence electrons. The molecule has 2 atom stereocenters. The van der Waals surface area contributed by atoms with Gasteiger partial charge in [-0.1, -0.05) is 17.7 Å². The summed E-state index contributed by atoms with van der Waals surface area (Å²) in [5.41, 5.74) is 4.05. The van der Waals surface area contributed by atoms with Crippen LogP contribution in [0.15, 0.2) is 23.2 Å². The molecule has 8 heteroatoms. The van der Waals surface area contributed by atoms with Gasteiger partial charge in [0, 0.05) is 43.0 Å². The molecule has 3 rings (SSSR count). The second-order valence-electron chi connectivity index (χ2n) is 8.37. The first-order valence-electron chi connectivity index (χ1n) is 11.0. The van der Waals surface area contributed by atoms with E-state index in [4.69, 9.17) is 11.6 Å². The van der Waals surface area contributed by atoms with Crippen LogP contribution in [0.5, 0.6) is 0 Å². The number of likely N-dealkylation sites (tertiary alicyclic amines) is 1. The van der Waals surface area contributed by atoms with E-state index in [1.165, 1.54) is 17.3 Å². The smallest absolute Gasteiger partial charge is 0.191 e. The molecule has 2 aromatic rings. The summed E-state index contributed by atoms with van der Waals surface area (Å²) in [6, 6.07) is 4.91. The second-order valence-corrected chi connectivity index (χ2v) is 8.78. The van der Waals surface area contributed by atoms with Crippen molar-refractivity contribution >= 4 is 17.6 Å². The first-order valence-corrected chi connectivity index (χ1v) is 11.3. The minimum Gasteiger partial charge on any atom is -0.354 e. The van der Waals surface area contributed by atoms with Crippen LogP contribution in [0, 0.1) is 19.7 Å². The molecule has 1 aliphatic heterocycles. The lowest BCUT2D eigenvalue weighted by Gasteiger charge is -2.30. The number of rotatable bonds is 7. The van der Waals surface area contributed by atoms with Crippen molar-refractivity contribution in [1.82, 2.24) is 25.3 Å².